The van der Waals surface area contributed by atoms with Crippen LogP contribution in [0.5, 0.6) is 0 Å². The van der Waals surface area contributed by atoms with Gasteiger partial charge in [0.25, 0.3) is 5.91 Å². The standard InChI is InChI=1S/C11H13N3O5/c1-12-11(19)8-4-7(2-3-13-8)14(5-9(15)16)6-10(17)18/h2-4H,5-6H2,1H3,(H,12,19)(H,15,16)(H,17,18). The summed E-state index contributed by atoms with van der Waals surface area (Å²) < 4.78 is 0. The smallest absolute Gasteiger partial charge is 0.323 e. The van der Waals surface area contributed by atoms with Gasteiger partial charge < -0.3 is 20.4 Å². The quantitative estimate of drug-likeness (QED) is 0.630. The molecule has 3 N–H and O–H groups in total. The third-order valence-corrected chi connectivity index (χ3v) is 2.22. The van der Waals surface area contributed by atoms with E-state index >= 15 is 0 Å². The van der Waals surface area contributed by atoms with E-state index in [2.05, 4.69) is 10.3 Å². The number of nitrogens with one attached hydrogen (secondary N) is 1. The van der Waals surface area contributed by atoms with E-state index in [9.17, 15) is 14.4 Å². The van der Waals surface area contributed by atoms with E-state index in [0.29, 0.717) is 5.69 Å². The highest BCUT2D eigenvalue weighted by Crippen LogP contribution is 2.14. The number of hydrogen-bond donors (Lipinski definition) is 3. The van der Waals surface area contributed by atoms with Crippen LogP contribution in [-0.4, -0.2) is 53.2 Å². The molecular formula is C11H13N3O5. The second-order valence-corrected chi connectivity index (χ2v) is 3.62. The van der Waals surface area contributed by atoms with E-state index in [1.807, 2.05) is 0 Å². The van der Waals surface area contributed by atoms with Gasteiger partial charge in [0.05, 0.1) is 0 Å². The summed E-state index contributed by atoms with van der Waals surface area (Å²) in [4.78, 5) is 37.8. The van der Waals surface area contributed by atoms with E-state index in [1.165, 1.54) is 25.4 Å². The van der Waals surface area contributed by atoms with Crippen molar-refractivity contribution in [2.24, 2.45) is 0 Å². The van der Waals surface area contributed by atoms with Crippen molar-refractivity contribution in [1.29, 1.82) is 0 Å². The summed E-state index contributed by atoms with van der Waals surface area (Å²) in [5.41, 5.74) is 0.388. The summed E-state index contributed by atoms with van der Waals surface area (Å²) in [6.45, 7) is -0.965. The van der Waals surface area contributed by atoms with Crippen LogP contribution in [0.15, 0.2) is 18.3 Å². The third-order valence-electron chi connectivity index (χ3n) is 2.22. The first-order valence-corrected chi connectivity index (χ1v) is 5.30. The summed E-state index contributed by atoms with van der Waals surface area (Å²) in [7, 11) is 1.43. The lowest BCUT2D eigenvalue weighted by Gasteiger charge is -2.20. The monoisotopic (exact) mass is 267 g/mol. The second-order valence-electron chi connectivity index (χ2n) is 3.62. The number of carbonyl (C=O) groups excluding carboxylic acids is 1. The van der Waals surface area contributed by atoms with Crippen LogP contribution in [0.4, 0.5) is 5.69 Å². The van der Waals surface area contributed by atoms with Crippen molar-refractivity contribution in [3.8, 4) is 0 Å². The molecule has 0 spiro atoms. The van der Waals surface area contributed by atoms with Crippen LogP contribution in [0.25, 0.3) is 0 Å². The van der Waals surface area contributed by atoms with Gasteiger partial charge in [-0.05, 0) is 12.1 Å². The molecule has 1 amide bonds. The molecule has 1 aromatic heterocycles. The summed E-state index contributed by atoms with van der Waals surface area (Å²) in [5, 5.41) is 19.9. The van der Waals surface area contributed by atoms with E-state index in [-0.39, 0.29) is 5.69 Å². The lowest BCUT2D eigenvalue weighted by molar-refractivity contribution is -0.136. The van der Waals surface area contributed by atoms with Crippen molar-refractivity contribution in [2.75, 3.05) is 25.0 Å². The Balaban J connectivity index is 3.04. The van der Waals surface area contributed by atoms with Gasteiger partial charge in [-0.2, -0.15) is 0 Å². The molecule has 8 nitrogen and oxygen atoms in total. The highest BCUT2D eigenvalue weighted by Gasteiger charge is 2.16. The van der Waals surface area contributed by atoms with E-state index in [0.717, 1.165) is 4.90 Å². The maximum atomic E-state index is 11.4. The predicted molar refractivity (Wildman–Crippen MR) is 65.1 cm³/mol. The fourth-order valence-electron chi connectivity index (χ4n) is 1.43. The number of amides is 1. The molecule has 1 aromatic rings. The highest BCUT2D eigenvalue weighted by molar-refractivity contribution is 5.93. The second kappa shape index (κ2) is 6.34. The van der Waals surface area contributed by atoms with Crippen molar-refractivity contribution in [3.63, 3.8) is 0 Å². The van der Waals surface area contributed by atoms with Gasteiger partial charge >= 0.3 is 11.9 Å². The number of nitrogens with zero attached hydrogens (tertiary/aromatic N) is 2. The number of carboxylic acid groups (broad SMARTS) is 2. The van der Waals surface area contributed by atoms with Gasteiger partial charge in [0.2, 0.25) is 0 Å². The Hall–Kier alpha value is -2.64. The maximum absolute atomic E-state index is 11.4. The third kappa shape index (κ3) is 4.26. The van der Waals surface area contributed by atoms with Crippen molar-refractivity contribution in [3.05, 3.63) is 24.0 Å². The SMILES string of the molecule is CNC(=O)c1cc(N(CC(=O)O)CC(=O)O)ccn1. The summed E-state index contributed by atoms with van der Waals surface area (Å²) in [6.07, 6.45) is 1.32. The van der Waals surface area contributed by atoms with Crippen LogP contribution in [0.3, 0.4) is 0 Å². The van der Waals surface area contributed by atoms with Gasteiger partial charge in [-0.1, -0.05) is 0 Å². The van der Waals surface area contributed by atoms with Gasteiger partial charge in [-0.15, -0.1) is 0 Å². The average molecular weight is 267 g/mol. The van der Waals surface area contributed by atoms with Crippen LogP contribution in [0, 0.1) is 0 Å². The number of anilines is 1. The Morgan fingerprint density at radius 1 is 1.26 bits per heavy atom. The van der Waals surface area contributed by atoms with Crippen LogP contribution in [-0.2, 0) is 9.59 Å². The number of carboxylic acids is 2. The first-order chi connectivity index (χ1) is 8.93. The van der Waals surface area contributed by atoms with Crippen molar-refractivity contribution >= 4 is 23.5 Å². The zero-order valence-corrected chi connectivity index (χ0v) is 10.2. The predicted octanol–water partition coefficient (Wildman–Crippen LogP) is -0.583. The Morgan fingerprint density at radius 2 is 1.84 bits per heavy atom. The number of carbonyl (C=O) groups is 3. The minimum absolute atomic E-state index is 0.0841. The lowest BCUT2D eigenvalue weighted by atomic mass is 10.2. The van der Waals surface area contributed by atoms with E-state index in [1.54, 1.807) is 0 Å². The van der Waals surface area contributed by atoms with Gasteiger partial charge in [0.1, 0.15) is 18.8 Å². The number of rotatable bonds is 6. The first-order valence-electron chi connectivity index (χ1n) is 5.30. The molecule has 0 aliphatic rings. The normalized spacial score (nSPS) is 9.74. The molecule has 0 radical (unpaired) electrons. The molecule has 102 valence electrons. The van der Waals surface area contributed by atoms with E-state index < -0.39 is 30.9 Å². The molecule has 1 heterocycles. The molecule has 0 saturated carbocycles. The molecule has 0 aliphatic carbocycles. The Morgan fingerprint density at radius 3 is 2.32 bits per heavy atom. The van der Waals surface area contributed by atoms with Gasteiger partial charge in [0, 0.05) is 18.9 Å². The Labute approximate surface area is 108 Å². The Bertz CT molecular complexity index is 487. The fourth-order valence-corrected chi connectivity index (χ4v) is 1.43. The minimum Gasteiger partial charge on any atom is -0.480 e. The largest absolute Gasteiger partial charge is 0.480 e. The van der Waals surface area contributed by atoms with Crippen LogP contribution < -0.4 is 10.2 Å². The fraction of sp³-hybridized carbons (Fsp3) is 0.273. The molecule has 0 atom stereocenters. The zero-order valence-electron chi connectivity index (χ0n) is 10.2. The van der Waals surface area contributed by atoms with Crippen LogP contribution >= 0.6 is 0 Å². The molecule has 0 fully saturated rings. The number of hydrogen-bond acceptors (Lipinski definition) is 5. The molecule has 8 heteroatoms. The summed E-state index contributed by atoms with van der Waals surface area (Å²) in [6, 6.07) is 2.78. The summed E-state index contributed by atoms with van der Waals surface area (Å²) >= 11 is 0. The zero-order chi connectivity index (χ0) is 14.4. The molecular weight excluding hydrogens is 254 g/mol. The maximum Gasteiger partial charge on any atom is 0.323 e. The molecule has 0 aliphatic heterocycles. The molecule has 0 bridgehead atoms. The van der Waals surface area contributed by atoms with Crippen molar-refractivity contribution in [1.82, 2.24) is 10.3 Å². The molecule has 1 rings (SSSR count). The Kier molecular flexibility index (Phi) is 4.81. The first kappa shape index (κ1) is 14.4. The number of aromatic nitrogens is 1. The number of aliphatic carboxylic acids is 2. The lowest BCUT2D eigenvalue weighted by Crippen LogP contribution is -2.34. The van der Waals surface area contributed by atoms with Crippen molar-refractivity contribution in [2.45, 2.75) is 0 Å². The molecule has 0 saturated heterocycles. The van der Waals surface area contributed by atoms with Crippen LogP contribution in [0.2, 0.25) is 0 Å². The molecule has 19 heavy (non-hydrogen) atoms. The minimum atomic E-state index is -1.17. The summed E-state index contributed by atoms with van der Waals surface area (Å²) in [5.74, 6) is -2.77. The topological polar surface area (TPSA) is 120 Å². The molecule has 0 aromatic carbocycles. The van der Waals surface area contributed by atoms with Crippen LogP contribution in [0.1, 0.15) is 10.5 Å². The molecule has 0 unspecified atom stereocenters. The van der Waals surface area contributed by atoms with Gasteiger partial charge in [-0.25, -0.2) is 0 Å². The number of pyridine rings is 1. The van der Waals surface area contributed by atoms with Gasteiger partial charge in [-0.3, -0.25) is 19.4 Å². The van der Waals surface area contributed by atoms with Gasteiger partial charge in [0.15, 0.2) is 0 Å². The average Bonchev–Trinajstić information content (AvgIpc) is 2.36. The highest BCUT2D eigenvalue weighted by atomic mass is 16.4. The van der Waals surface area contributed by atoms with E-state index in [4.69, 9.17) is 10.2 Å². The van der Waals surface area contributed by atoms with Crippen molar-refractivity contribution < 1.29 is 24.6 Å².